The van der Waals surface area contributed by atoms with Crippen molar-refractivity contribution in [3.8, 4) is 0 Å². The molecular formula is C19H24N4O3. The summed E-state index contributed by atoms with van der Waals surface area (Å²) in [5, 5.41) is 0. The van der Waals surface area contributed by atoms with Gasteiger partial charge in [0.25, 0.3) is 5.91 Å². The summed E-state index contributed by atoms with van der Waals surface area (Å²) in [6, 6.07) is 5.61. The maximum Gasteiger partial charge on any atom is 0.253 e. The number of aryl methyl sites for hydroxylation is 1. The van der Waals surface area contributed by atoms with Crippen molar-refractivity contribution < 1.29 is 14.3 Å². The molecule has 1 atom stereocenters. The van der Waals surface area contributed by atoms with E-state index in [1.807, 2.05) is 39.6 Å². The van der Waals surface area contributed by atoms with Gasteiger partial charge in [-0.3, -0.25) is 9.59 Å². The summed E-state index contributed by atoms with van der Waals surface area (Å²) in [6.45, 7) is 3.71. The van der Waals surface area contributed by atoms with Crippen LogP contribution in [0.25, 0.3) is 11.0 Å². The van der Waals surface area contributed by atoms with Crippen LogP contribution in [0, 0.1) is 5.92 Å². The molecule has 26 heavy (non-hydrogen) atoms. The lowest BCUT2D eigenvalue weighted by Gasteiger charge is -2.36. The second kappa shape index (κ2) is 7.07. The topological polar surface area (TPSA) is 67.7 Å². The van der Waals surface area contributed by atoms with Gasteiger partial charge in [0.2, 0.25) is 5.91 Å². The molecule has 0 spiro atoms. The van der Waals surface area contributed by atoms with Gasteiger partial charge in [-0.25, -0.2) is 4.98 Å². The first-order chi connectivity index (χ1) is 12.6. The number of morpholine rings is 1. The molecule has 0 N–H and O–H groups in total. The number of imidazole rings is 1. The van der Waals surface area contributed by atoms with E-state index in [-0.39, 0.29) is 17.7 Å². The predicted octanol–water partition coefficient (Wildman–Crippen LogP) is 1.28. The molecule has 0 saturated carbocycles. The lowest BCUT2D eigenvalue weighted by atomic mass is 9.95. The number of nitrogens with zero attached hydrogens (tertiary/aromatic N) is 4. The van der Waals surface area contributed by atoms with E-state index in [4.69, 9.17) is 4.74 Å². The number of carbonyl (C=O) groups is 2. The van der Waals surface area contributed by atoms with Gasteiger partial charge in [0.15, 0.2) is 0 Å². The predicted molar refractivity (Wildman–Crippen MR) is 96.7 cm³/mol. The number of hydrogen-bond acceptors (Lipinski definition) is 4. The Morgan fingerprint density at radius 2 is 1.96 bits per heavy atom. The number of rotatable bonds is 2. The summed E-state index contributed by atoms with van der Waals surface area (Å²) >= 11 is 0. The Hall–Kier alpha value is -2.41. The monoisotopic (exact) mass is 356 g/mol. The SMILES string of the molecule is Cn1cnc2cc(C(=O)N3CCCC(C(=O)N4CCOCC4)C3)ccc21. The molecular weight excluding hydrogens is 332 g/mol. The first kappa shape index (κ1) is 17.0. The number of likely N-dealkylation sites (tertiary alicyclic amines) is 1. The molecule has 2 amide bonds. The van der Waals surface area contributed by atoms with Crippen molar-refractivity contribution in [2.24, 2.45) is 13.0 Å². The Morgan fingerprint density at radius 1 is 1.15 bits per heavy atom. The lowest BCUT2D eigenvalue weighted by Crippen LogP contribution is -2.49. The summed E-state index contributed by atoms with van der Waals surface area (Å²) in [5.41, 5.74) is 2.45. The molecule has 1 aromatic heterocycles. The quantitative estimate of drug-likeness (QED) is 0.813. The highest BCUT2D eigenvalue weighted by Gasteiger charge is 2.32. The van der Waals surface area contributed by atoms with Crippen LogP contribution in [0.5, 0.6) is 0 Å². The molecule has 4 rings (SSSR count). The summed E-state index contributed by atoms with van der Waals surface area (Å²) in [4.78, 5) is 33.7. The average Bonchev–Trinajstić information content (AvgIpc) is 3.08. The van der Waals surface area contributed by atoms with Crippen LogP contribution in [-0.2, 0) is 16.6 Å². The number of piperidine rings is 1. The van der Waals surface area contributed by atoms with Gasteiger partial charge in [0, 0.05) is 38.8 Å². The maximum absolute atomic E-state index is 12.9. The van der Waals surface area contributed by atoms with E-state index in [1.54, 1.807) is 6.33 Å². The zero-order chi connectivity index (χ0) is 18.1. The lowest BCUT2D eigenvalue weighted by molar-refractivity contribution is -0.141. The zero-order valence-corrected chi connectivity index (χ0v) is 15.1. The molecule has 7 heteroatoms. The van der Waals surface area contributed by atoms with Gasteiger partial charge < -0.3 is 19.1 Å². The highest BCUT2D eigenvalue weighted by Crippen LogP contribution is 2.22. The summed E-state index contributed by atoms with van der Waals surface area (Å²) in [5.74, 6) is 0.0346. The minimum absolute atomic E-state index is 0.0166. The van der Waals surface area contributed by atoms with Crippen molar-refractivity contribution in [2.45, 2.75) is 12.8 Å². The van der Waals surface area contributed by atoms with E-state index in [9.17, 15) is 9.59 Å². The Morgan fingerprint density at radius 3 is 2.77 bits per heavy atom. The molecule has 0 bridgehead atoms. The van der Waals surface area contributed by atoms with Crippen molar-refractivity contribution in [3.63, 3.8) is 0 Å². The third kappa shape index (κ3) is 3.19. The van der Waals surface area contributed by atoms with E-state index in [0.717, 1.165) is 23.9 Å². The van der Waals surface area contributed by atoms with Gasteiger partial charge in [-0.2, -0.15) is 0 Å². The number of carbonyl (C=O) groups excluding carboxylic acids is 2. The molecule has 2 aliphatic heterocycles. The molecule has 2 aromatic rings. The minimum Gasteiger partial charge on any atom is -0.378 e. The number of fused-ring (bicyclic) bond motifs is 1. The number of hydrogen-bond donors (Lipinski definition) is 0. The van der Waals surface area contributed by atoms with Gasteiger partial charge in [0.05, 0.1) is 36.5 Å². The van der Waals surface area contributed by atoms with Crippen LogP contribution in [0.1, 0.15) is 23.2 Å². The number of aromatic nitrogens is 2. The fourth-order valence-corrected chi connectivity index (χ4v) is 3.86. The smallest absolute Gasteiger partial charge is 0.253 e. The van der Waals surface area contributed by atoms with Crippen LogP contribution in [0.3, 0.4) is 0 Å². The molecule has 1 unspecified atom stereocenters. The van der Waals surface area contributed by atoms with Crippen LogP contribution in [0.2, 0.25) is 0 Å². The largest absolute Gasteiger partial charge is 0.378 e. The van der Waals surface area contributed by atoms with Crippen LogP contribution < -0.4 is 0 Å². The molecule has 0 aliphatic carbocycles. The number of benzene rings is 1. The molecule has 1 aromatic carbocycles. The van der Waals surface area contributed by atoms with Crippen LogP contribution in [0.4, 0.5) is 0 Å². The molecule has 2 aliphatic rings. The fraction of sp³-hybridized carbons (Fsp3) is 0.526. The summed E-state index contributed by atoms with van der Waals surface area (Å²) in [7, 11) is 1.93. The van der Waals surface area contributed by atoms with Gasteiger partial charge in [-0.1, -0.05) is 0 Å². The van der Waals surface area contributed by atoms with E-state index >= 15 is 0 Å². The summed E-state index contributed by atoms with van der Waals surface area (Å²) < 4.78 is 7.26. The van der Waals surface area contributed by atoms with E-state index < -0.39 is 0 Å². The molecule has 3 heterocycles. The summed E-state index contributed by atoms with van der Waals surface area (Å²) in [6.07, 6.45) is 3.45. The Balaban J connectivity index is 1.47. The third-order valence-corrected chi connectivity index (χ3v) is 5.35. The van der Waals surface area contributed by atoms with Crippen molar-refractivity contribution in [1.29, 1.82) is 0 Å². The second-order valence-corrected chi connectivity index (χ2v) is 7.09. The Kier molecular flexibility index (Phi) is 4.63. The molecule has 2 saturated heterocycles. The minimum atomic E-state index is -0.107. The molecule has 0 radical (unpaired) electrons. The van der Waals surface area contributed by atoms with E-state index in [1.165, 1.54) is 0 Å². The second-order valence-electron chi connectivity index (χ2n) is 7.09. The van der Waals surface area contributed by atoms with Gasteiger partial charge in [0.1, 0.15) is 0 Å². The Labute approximate surface area is 152 Å². The average molecular weight is 356 g/mol. The van der Waals surface area contributed by atoms with Crippen molar-refractivity contribution >= 4 is 22.8 Å². The van der Waals surface area contributed by atoms with Crippen LogP contribution in [0.15, 0.2) is 24.5 Å². The third-order valence-electron chi connectivity index (χ3n) is 5.35. The first-order valence-electron chi connectivity index (χ1n) is 9.20. The van der Waals surface area contributed by atoms with E-state index in [2.05, 4.69) is 4.98 Å². The standard InChI is InChI=1S/C19H24N4O3/c1-21-13-20-16-11-14(4-5-17(16)21)18(24)23-6-2-3-15(12-23)19(25)22-7-9-26-10-8-22/h4-5,11,13,15H,2-3,6-10,12H2,1H3. The first-order valence-corrected chi connectivity index (χ1v) is 9.20. The van der Waals surface area contributed by atoms with Crippen molar-refractivity contribution in [3.05, 3.63) is 30.1 Å². The molecule has 7 nitrogen and oxygen atoms in total. The molecule has 138 valence electrons. The maximum atomic E-state index is 12.9. The van der Waals surface area contributed by atoms with E-state index in [0.29, 0.717) is 45.0 Å². The van der Waals surface area contributed by atoms with Crippen molar-refractivity contribution in [1.82, 2.24) is 19.4 Å². The van der Waals surface area contributed by atoms with Crippen LogP contribution >= 0.6 is 0 Å². The number of ether oxygens (including phenoxy) is 1. The van der Waals surface area contributed by atoms with Gasteiger partial charge in [-0.15, -0.1) is 0 Å². The highest BCUT2D eigenvalue weighted by atomic mass is 16.5. The Bertz CT molecular complexity index is 825. The van der Waals surface area contributed by atoms with Gasteiger partial charge >= 0.3 is 0 Å². The number of amides is 2. The fourth-order valence-electron chi connectivity index (χ4n) is 3.86. The molecule has 2 fully saturated rings. The zero-order valence-electron chi connectivity index (χ0n) is 15.1. The van der Waals surface area contributed by atoms with Crippen LogP contribution in [-0.4, -0.2) is 70.6 Å². The highest BCUT2D eigenvalue weighted by molar-refractivity contribution is 5.97. The normalized spacial score (nSPS) is 21.2. The van der Waals surface area contributed by atoms with Crippen molar-refractivity contribution in [2.75, 3.05) is 39.4 Å². The van der Waals surface area contributed by atoms with Gasteiger partial charge in [-0.05, 0) is 31.0 Å².